The van der Waals surface area contributed by atoms with E-state index < -0.39 is 12.0 Å². The number of hydrogen-bond donors (Lipinski definition) is 2. The summed E-state index contributed by atoms with van der Waals surface area (Å²) in [6.07, 6.45) is 1.69. The van der Waals surface area contributed by atoms with Crippen molar-refractivity contribution in [3.63, 3.8) is 0 Å². The first-order chi connectivity index (χ1) is 6.24. The Bertz CT molecular complexity index is 289. The average Bonchev–Trinajstić information content (AvgIpc) is 2.56. The van der Waals surface area contributed by atoms with Crippen LogP contribution in [0.3, 0.4) is 0 Å². The number of carbonyl (C=O) groups excluding carboxylic acids is 1. The molecule has 1 aromatic heterocycles. The van der Waals surface area contributed by atoms with E-state index in [4.69, 9.17) is 5.11 Å². The summed E-state index contributed by atoms with van der Waals surface area (Å²) in [4.78, 5) is 21.5. The third-order valence-corrected chi connectivity index (χ3v) is 2.42. The summed E-state index contributed by atoms with van der Waals surface area (Å²) in [7, 11) is 0. The molecule has 2 N–H and O–H groups in total. The van der Waals surface area contributed by atoms with Gasteiger partial charge < -0.3 is 15.2 Å². The van der Waals surface area contributed by atoms with Crippen LogP contribution in [0.5, 0.6) is 0 Å². The molecule has 0 aliphatic carbocycles. The van der Waals surface area contributed by atoms with Gasteiger partial charge in [-0.3, -0.25) is 4.79 Å². The molecule has 0 aliphatic rings. The number of thiophene rings is 1. The Morgan fingerprint density at radius 2 is 2.43 bits per heavy atom. The first-order valence-corrected chi connectivity index (χ1v) is 4.50. The fourth-order valence-corrected chi connectivity index (χ4v) is 1.65. The van der Waals surface area contributed by atoms with Gasteiger partial charge in [-0.25, -0.2) is 0 Å². The van der Waals surface area contributed by atoms with E-state index in [1.54, 1.807) is 0 Å². The number of rotatable bonds is 5. The summed E-state index contributed by atoms with van der Waals surface area (Å²) in [5, 5.41) is 12.6. The minimum Gasteiger partial charge on any atom is -0.520 e. The maximum Gasteiger partial charge on any atom is 0.323 e. The van der Waals surface area contributed by atoms with E-state index in [9.17, 15) is 9.59 Å². The molecule has 82 valence electrons. The standard InChI is InChI=1S/C8H8NO3S.Fm/c10-5-9-7(8(11)12)4-6-2-1-3-13-6;/h1-3,7H,4H2,(H,9,10)(H,11,12);/q-1;/t7-;/m0./s1. The van der Waals surface area contributed by atoms with Gasteiger partial charge in [0.15, 0.2) is 0 Å². The summed E-state index contributed by atoms with van der Waals surface area (Å²) >= 11 is 1.46. The molecule has 0 radical (unpaired) electrons. The van der Waals surface area contributed by atoms with Crippen LogP contribution in [0.4, 0.5) is 0 Å². The van der Waals surface area contributed by atoms with Crippen molar-refractivity contribution in [1.29, 1.82) is 0 Å². The molecule has 0 bridgehead atoms. The van der Waals surface area contributed by atoms with E-state index in [-0.39, 0.29) is 0 Å². The van der Waals surface area contributed by atoms with Crippen LogP contribution in [0.15, 0.2) is 17.5 Å². The number of nitrogens with one attached hydrogen (secondary N) is 1. The maximum absolute atomic E-state index is 10.6. The van der Waals surface area contributed by atoms with Crippen LogP contribution in [-0.2, 0) is 16.0 Å². The van der Waals surface area contributed by atoms with Gasteiger partial charge in [0.05, 0.1) is 0 Å². The van der Waals surface area contributed by atoms with Gasteiger partial charge >= 0.3 is 5.97 Å². The summed E-state index contributed by atoms with van der Waals surface area (Å²) < 4.78 is 0. The second kappa shape index (κ2) is 5.31. The third kappa shape index (κ3) is 2.94. The second-order valence-corrected chi connectivity index (χ2v) is 3.45. The first-order valence-electron chi connectivity index (χ1n) is 3.62. The monoisotopic (exact) mass is 455 g/mol. The van der Waals surface area contributed by atoms with Crippen molar-refractivity contribution in [3.05, 3.63) is 22.4 Å². The molecule has 14 heavy (non-hydrogen) atoms. The van der Waals surface area contributed by atoms with Crippen LogP contribution in [0, 0.1) is 0 Å². The fraction of sp³-hybridized carbons (Fsp3) is 0.250. The van der Waals surface area contributed by atoms with Crippen LogP contribution >= 0.6 is 11.3 Å². The van der Waals surface area contributed by atoms with Crippen LogP contribution < -0.4 is 5.32 Å². The van der Waals surface area contributed by atoms with Gasteiger partial charge in [-0.2, -0.15) is 6.41 Å². The summed E-state index contributed by atoms with van der Waals surface area (Å²) in [5.41, 5.74) is 0. The molecule has 0 unspecified atom stereocenters. The van der Waals surface area contributed by atoms with E-state index >= 15 is 0 Å². The van der Waals surface area contributed by atoms with Gasteiger partial charge in [0, 0.05) is 11.3 Å². The minimum absolute atomic E-state index is 0. The zero-order valence-corrected chi connectivity index (χ0v) is 10.2. The molecule has 0 aliphatic heterocycles. The SMILES string of the molecule is O=[C-]N[C@@H](Cc1cccs1)C(=O)O.[Fm]. The predicted molar refractivity (Wildman–Crippen MR) is 48.3 cm³/mol. The van der Waals surface area contributed by atoms with Crippen molar-refractivity contribution in [2.24, 2.45) is 0 Å². The van der Waals surface area contributed by atoms with Crippen molar-refractivity contribution in [1.82, 2.24) is 5.32 Å². The Hall–Kier alpha value is -2.36. The van der Waals surface area contributed by atoms with Crippen LogP contribution in [0.2, 0.25) is 0 Å². The molecule has 1 atom stereocenters. The number of carboxylic acid groups (broad SMARTS) is 1. The van der Waals surface area contributed by atoms with Crippen LogP contribution in [0.1, 0.15) is 4.88 Å². The average molecular weight is 455 g/mol. The molecule has 1 heterocycles. The van der Waals surface area contributed by atoms with E-state index in [1.807, 2.05) is 17.5 Å². The predicted octanol–water partition coefficient (Wildman–Crippen LogP) is 0.401. The zero-order chi connectivity index (χ0) is 9.68. The molecule has 1 aromatic rings. The van der Waals surface area contributed by atoms with E-state index in [1.165, 1.54) is 17.7 Å². The number of amides is 1. The van der Waals surface area contributed by atoms with Gasteiger partial charge in [0.25, 0.3) is 0 Å². The van der Waals surface area contributed by atoms with Crippen LogP contribution in [-0.4, -0.2) is 23.5 Å². The Kier molecular flexibility index (Phi) is 4.42. The molecule has 0 saturated heterocycles. The molecule has 1 amide bonds. The van der Waals surface area contributed by atoms with E-state index in [0.717, 1.165) is 4.88 Å². The molecule has 0 spiro atoms. The Morgan fingerprint density at radius 3 is 2.86 bits per heavy atom. The number of aliphatic carboxylic acids is 1. The zero-order valence-electron chi connectivity index (χ0n) is 6.98. The summed E-state index contributed by atoms with van der Waals surface area (Å²) in [6, 6.07) is 2.78. The molecular weight excluding hydrogens is 447 g/mol. The van der Waals surface area contributed by atoms with Crippen molar-refractivity contribution in [2.45, 2.75) is 12.5 Å². The molecule has 0 aromatic carbocycles. The van der Waals surface area contributed by atoms with Gasteiger partial charge in [-0.1, -0.05) is 6.07 Å². The maximum atomic E-state index is 10.6. The quantitative estimate of drug-likeness (QED) is 0.500. The second-order valence-electron chi connectivity index (χ2n) is 2.42. The molecular formula is C8H8FmNO3S-. The normalized spacial score (nSPS) is 11.1. The smallest absolute Gasteiger partial charge is 0.323 e. The molecule has 4 nitrogen and oxygen atoms in total. The Morgan fingerprint density at radius 1 is 1.71 bits per heavy atom. The topological polar surface area (TPSA) is 66.4 Å². The Labute approximate surface area is 79.2 Å². The van der Waals surface area contributed by atoms with Crippen molar-refractivity contribution in [2.75, 3.05) is 0 Å². The van der Waals surface area contributed by atoms with Gasteiger partial charge in [-0.05, 0) is 11.4 Å². The van der Waals surface area contributed by atoms with E-state index in [0.29, 0.717) is 6.42 Å². The number of carboxylic acids is 1. The number of carbonyl (C=O) groups is 1. The minimum atomic E-state index is -1.04. The molecule has 6 heteroatoms. The Balaban J connectivity index is 0.00000169. The number of hydrogen-bond acceptors (Lipinski definition) is 3. The van der Waals surface area contributed by atoms with Crippen LogP contribution in [0.25, 0.3) is 0 Å². The van der Waals surface area contributed by atoms with Crippen molar-refractivity contribution < 1.29 is 14.7 Å². The van der Waals surface area contributed by atoms with E-state index in [2.05, 4.69) is 5.32 Å². The van der Waals surface area contributed by atoms with Crippen molar-refractivity contribution in [3.8, 4) is 0 Å². The van der Waals surface area contributed by atoms with Crippen molar-refractivity contribution >= 4 is 23.7 Å². The van der Waals surface area contributed by atoms with Gasteiger partial charge in [0.1, 0.15) is 6.04 Å². The molecule has 1 rings (SSSR count). The fourth-order valence-electron chi connectivity index (χ4n) is 0.901. The first kappa shape index (κ1) is 11.6. The summed E-state index contributed by atoms with van der Waals surface area (Å²) in [6.45, 7) is 0. The largest absolute Gasteiger partial charge is 0.520 e. The molecule has 0 saturated carbocycles. The van der Waals surface area contributed by atoms with Gasteiger partial charge in [-0.15, -0.1) is 11.3 Å². The third-order valence-electron chi connectivity index (χ3n) is 1.52. The summed E-state index contributed by atoms with van der Waals surface area (Å²) in [5.74, 6) is -1.04. The molecule has 0 fully saturated rings. The van der Waals surface area contributed by atoms with Gasteiger partial charge in [0.2, 0.25) is 0 Å².